The van der Waals surface area contributed by atoms with Crippen LogP contribution in [0, 0.1) is 0 Å². The molecule has 1 amide bonds. The molecule has 4 aromatic rings. The monoisotopic (exact) mass is 537 g/mol. The van der Waals surface area contributed by atoms with Crippen molar-refractivity contribution in [3.05, 3.63) is 77.7 Å². The summed E-state index contributed by atoms with van der Waals surface area (Å²) in [5.41, 5.74) is 10.8. The number of ether oxygens (including phenoxy) is 1. The Balaban J connectivity index is 1.12. The molecule has 0 saturated carbocycles. The molecule has 0 radical (unpaired) electrons. The molecule has 1 atom stereocenters. The lowest BCUT2D eigenvalue weighted by molar-refractivity contribution is 0.102. The molecule has 0 bridgehead atoms. The van der Waals surface area contributed by atoms with E-state index < -0.39 is 0 Å². The zero-order valence-corrected chi connectivity index (χ0v) is 22.2. The third-order valence-corrected chi connectivity index (χ3v) is 7.15. The van der Waals surface area contributed by atoms with Gasteiger partial charge in [-0.25, -0.2) is 19.9 Å². The van der Waals surface area contributed by atoms with Gasteiger partial charge in [0.05, 0.1) is 29.7 Å². The van der Waals surface area contributed by atoms with Crippen LogP contribution in [0.15, 0.2) is 61.1 Å². The minimum absolute atomic E-state index is 0.202. The number of carbonyl (C=O) groups is 1. The second kappa shape index (κ2) is 11.1. The van der Waals surface area contributed by atoms with Gasteiger partial charge in [-0.05, 0) is 42.8 Å². The molecular formula is C29H31N9O2. The van der Waals surface area contributed by atoms with E-state index in [1.165, 1.54) is 0 Å². The van der Waals surface area contributed by atoms with E-state index in [9.17, 15) is 4.79 Å². The van der Waals surface area contributed by atoms with Gasteiger partial charge in [-0.1, -0.05) is 12.1 Å². The van der Waals surface area contributed by atoms with E-state index in [-0.39, 0.29) is 11.9 Å². The van der Waals surface area contributed by atoms with E-state index in [1.54, 1.807) is 24.5 Å². The van der Waals surface area contributed by atoms with E-state index in [0.717, 1.165) is 60.0 Å². The topological polar surface area (TPSA) is 143 Å². The van der Waals surface area contributed by atoms with Gasteiger partial charge in [0.15, 0.2) is 0 Å². The Bertz CT molecular complexity index is 1530. The molecule has 204 valence electrons. The van der Waals surface area contributed by atoms with Crippen LogP contribution in [0.2, 0.25) is 0 Å². The fourth-order valence-electron chi connectivity index (χ4n) is 5.10. The highest BCUT2D eigenvalue weighted by molar-refractivity contribution is 6.03. The Morgan fingerprint density at radius 3 is 2.92 bits per heavy atom. The summed E-state index contributed by atoms with van der Waals surface area (Å²) < 4.78 is 5.93. The van der Waals surface area contributed by atoms with Crippen molar-refractivity contribution >= 4 is 29.2 Å². The van der Waals surface area contributed by atoms with Gasteiger partial charge in [-0.3, -0.25) is 4.79 Å². The number of hydrogen-bond donors (Lipinski definition) is 4. The zero-order valence-electron chi connectivity index (χ0n) is 22.2. The highest BCUT2D eigenvalue weighted by Crippen LogP contribution is 2.39. The standard InChI is InChI=1S/C29H31N9O2/c1-18-14-31-10-11-38(18)21-5-6-25(33-16-21)37-28(39)20-4-2-3-19(13-20)15-34-27-22-8-12-40-26(22)23(17-35-27)24-7-9-32-29(30)36-24/h2-7,9,13,16-18,31H,8,10-12,14-15H2,1H3,(H,34,35)(H2,30,32,36)(H,33,37,39)/t18-/m1/s1. The number of anilines is 4. The predicted molar refractivity (Wildman–Crippen MR) is 155 cm³/mol. The van der Waals surface area contributed by atoms with Crippen LogP contribution in [0.1, 0.15) is 28.4 Å². The van der Waals surface area contributed by atoms with Gasteiger partial charge < -0.3 is 31.3 Å². The number of nitrogens with zero attached hydrogens (tertiary/aromatic N) is 5. The highest BCUT2D eigenvalue weighted by atomic mass is 16.5. The first kappa shape index (κ1) is 25.5. The molecular weight excluding hydrogens is 506 g/mol. The van der Waals surface area contributed by atoms with E-state index in [1.807, 2.05) is 36.5 Å². The number of rotatable bonds is 7. The second-order valence-corrected chi connectivity index (χ2v) is 9.88. The SMILES string of the molecule is C[C@@H]1CNCCN1c1ccc(NC(=O)c2cccc(CNc3ncc(-c4ccnc(N)n4)c4c3CCO4)c2)nc1. The van der Waals surface area contributed by atoms with Crippen molar-refractivity contribution in [1.82, 2.24) is 25.3 Å². The van der Waals surface area contributed by atoms with Gasteiger partial charge >= 0.3 is 0 Å². The summed E-state index contributed by atoms with van der Waals surface area (Å²) in [4.78, 5) is 32.7. The molecule has 0 unspecified atom stereocenters. The Hall–Kier alpha value is -4.77. The van der Waals surface area contributed by atoms with E-state index in [2.05, 4.69) is 47.7 Å². The molecule has 5 N–H and O–H groups in total. The highest BCUT2D eigenvalue weighted by Gasteiger charge is 2.23. The lowest BCUT2D eigenvalue weighted by Crippen LogP contribution is -2.49. The number of nitrogen functional groups attached to an aromatic ring is 1. The van der Waals surface area contributed by atoms with Gasteiger partial charge in [0.25, 0.3) is 5.91 Å². The molecule has 40 heavy (non-hydrogen) atoms. The first-order valence-electron chi connectivity index (χ1n) is 13.4. The number of fused-ring (bicyclic) bond motifs is 1. The van der Waals surface area contributed by atoms with Crippen molar-refractivity contribution in [2.45, 2.75) is 25.9 Å². The molecule has 1 aromatic carbocycles. The van der Waals surface area contributed by atoms with Crippen molar-refractivity contribution < 1.29 is 9.53 Å². The van der Waals surface area contributed by atoms with E-state index in [0.29, 0.717) is 36.3 Å². The van der Waals surface area contributed by atoms with Gasteiger partial charge in [0, 0.05) is 62.2 Å². The number of aromatic nitrogens is 4. The van der Waals surface area contributed by atoms with Gasteiger partial charge in [0.2, 0.25) is 5.95 Å². The summed E-state index contributed by atoms with van der Waals surface area (Å²) in [5.74, 6) is 2.02. The maximum atomic E-state index is 13.0. The lowest BCUT2D eigenvalue weighted by atomic mass is 10.1. The largest absolute Gasteiger partial charge is 0.492 e. The molecule has 11 nitrogen and oxygen atoms in total. The van der Waals surface area contributed by atoms with Crippen LogP contribution < -0.4 is 31.3 Å². The molecule has 0 aliphatic carbocycles. The zero-order chi connectivity index (χ0) is 27.5. The second-order valence-electron chi connectivity index (χ2n) is 9.88. The number of nitrogens with one attached hydrogen (secondary N) is 3. The average Bonchev–Trinajstić information content (AvgIpc) is 3.47. The van der Waals surface area contributed by atoms with Gasteiger partial charge in [-0.2, -0.15) is 0 Å². The van der Waals surface area contributed by atoms with Crippen LogP contribution >= 0.6 is 0 Å². The fourth-order valence-corrected chi connectivity index (χ4v) is 5.10. The van der Waals surface area contributed by atoms with Crippen LogP contribution in [-0.2, 0) is 13.0 Å². The molecule has 2 aliphatic heterocycles. The first-order valence-corrected chi connectivity index (χ1v) is 13.4. The third-order valence-electron chi connectivity index (χ3n) is 7.15. The Morgan fingerprint density at radius 1 is 1.18 bits per heavy atom. The number of carbonyl (C=O) groups excluding carboxylic acids is 1. The average molecular weight is 538 g/mol. The maximum Gasteiger partial charge on any atom is 0.256 e. The van der Waals surface area contributed by atoms with Crippen LogP contribution in [0.25, 0.3) is 11.3 Å². The van der Waals surface area contributed by atoms with Crippen LogP contribution in [-0.4, -0.2) is 58.1 Å². The predicted octanol–water partition coefficient (Wildman–Crippen LogP) is 3.11. The molecule has 1 saturated heterocycles. The lowest BCUT2D eigenvalue weighted by Gasteiger charge is -2.35. The van der Waals surface area contributed by atoms with Crippen LogP contribution in [0.5, 0.6) is 5.75 Å². The summed E-state index contributed by atoms with van der Waals surface area (Å²) in [5, 5.41) is 9.71. The number of nitrogens with two attached hydrogens (primary N) is 1. The van der Waals surface area contributed by atoms with Gasteiger partial charge in [0.1, 0.15) is 17.4 Å². The Labute approximate surface area is 232 Å². The number of benzene rings is 1. The quantitative estimate of drug-likeness (QED) is 0.278. The van der Waals surface area contributed by atoms with Gasteiger partial charge in [-0.15, -0.1) is 0 Å². The fraction of sp³-hybridized carbons (Fsp3) is 0.276. The molecule has 6 rings (SSSR count). The van der Waals surface area contributed by atoms with Crippen molar-refractivity contribution in [2.75, 3.05) is 47.5 Å². The maximum absolute atomic E-state index is 13.0. The molecule has 3 aromatic heterocycles. The minimum atomic E-state index is -0.210. The van der Waals surface area contributed by atoms with E-state index in [4.69, 9.17) is 10.5 Å². The number of piperazine rings is 1. The summed E-state index contributed by atoms with van der Waals surface area (Å²) in [6.07, 6.45) is 5.91. The number of pyridine rings is 2. The van der Waals surface area contributed by atoms with Crippen molar-refractivity contribution in [3.8, 4) is 17.0 Å². The smallest absolute Gasteiger partial charge is 0.256 e. The molecule has 2 aliphatic rings. The normalized spacial score (nSPS) is 16.2. The molecule has 5 heterocycles. The first-order chi connectivity index (χ1) is 19.5. The molecule has 11 heteroatoms. The van der Waals surface area contributed by atoms with E-state index >= 15 is 0 Å². The number of hydrogen-bond acceptors (Lipinski definition) is 10. The van der Waals surface area contributed by atoms with Crippen LogP contribution in [0.3, 0.4) is 0 Å². The van der Waals surface area contributed by atoms with Crippen molar-refractivity contribution in [3.63, 3.8) is 0 Å². The minimum Gasteiger partial charge on any atom is -0.492 e. The van der Waals surface area contributed by atoms with Crippen molar-refractivity contribution in [1.29, 1.82) is 0 Å². The summed E-state index contributed by atoms with van der Waals surface area (Å²) >= 11 is 0. The third kappa shape index (κ3) is 5.36. The summed E-state index contributed by atoms with van der Waals surface area (Å²) in [6.45, 7) is 6.08. The Kier molecular flexibility index (Phi) is 7.11. The van der Waals surface area contributed by atoms with Crippen LogP contribution in [0.4, 0.5) is 23.3 Å². The molecule has 1 fully saturated rings. The summed E-state index contributed by atoms with van der Waals surface area (Å²) in [6, 6.07) is 13.5. The molecule has 0 spiro atoms. The Morgan fingerprint density at radius 2 is 2.10 bits per heavy atom. The number of amides is 1. The van der Waals surface area contributed by atoms with Crippen molar-refractivity contribution in [2.24, 2.45) is 0 Å². The summed E-state index contributed by atoms with van der Waals surface area (Å²) in [7, 11) is 0.